The molecule has 0 aromatic heterocycles. The van der Waals surface area contributed by atoms with Crippen molar-refractivity contribution in [2.75, 3.05) is 25.6 Å². The molecule has 0 saturated carbocycles. The second-order valence-corrected chi connectivity index (χ2v) is 4.51. The Kier molecular flexibility index (Phi) is 7.17. The van der Waals surface area contributed by atoms with E-state index in [1.54, 1.807) is 19.2 Å². The molecule has 0 aliphatic carbocycles. The summed E-state index contributed by atoms with van der Waals surface area (Å²) in [4.78, 5) is 0. The van der Waals surface area contributed by atoms with Gasteiger partial charge in [0, 0.05) is 20.3 Å². The zero-order valence-corrected chi connectivity index (χ0v) is 12.2. The molecule has 0 radical (unpaired) electrons. The minimum Gasteiger partial charge on any atom is -0.433 e. The lowest BCUT2D eigenvalue weighted by atomic mass is 10.2. The van der Waals surface area contributed by atoms with Crippen LogP contribution in [0.3, 0.4) is 0 Å². The number of thiocarbonyl (C=S) groups is 1. The molecule has 0 aliphatic heterocycles. The maximum absolute atomic E-state index is 12.3. The van der Waals surface area contributed by atoms with Gasteiger partial charge < -0.3 is 20.1 Å². The molecule has 0 saturated heterocycles. The Morgan fingerprint density at radius 3 is 2.80 bits per heavy atom. The summed E-state index contributed by atoms with van der Waals surface area (Å²) in [6.07, 6.45) is 0.798. The van der Waals surface area contributed by atoms with Gasteiger partial charge in [-0.05, 0) is 43.3 Å². The molecule has 2 N–H and O–H groups in total. The average Bonchev–Trinajstić information content (AvgIpc) is 2.37. The number of aryl methyl sites for hydroxylation is 1. The lowest BCUT2D eigenvalue weighted by molar-refractivity contribution is -0.0493. The highest BCUT2D eigenvalue weighted by molar-refractivity contribution is 7.80. The van der Waals surface area contributed by atoms with Crippen LogP contribution in [0.5, 0.6) is 5.75 Å². The van der Waals surface area contributed by atoms with Crippen LogP contribution in [0.4, 0.5) is 14.5 Å². The largest absolute Gasteiger partial charge is 0.433 e. The van der Waals surface area contributed by atoms with Crippen molar-refractivity contribution in [1.82, 2.24) is 5.32 Å². The third kappa shape index (κ3) is 6.12. The molecule has 7 heteroatoms. The second kappa shape index (κ2) is 8.65. The van der Waals surface area contributed by atoms with Gasteiger partial charge >= 0.3 is 6.61 Å². The van der Waals surface area contributed by atoms with Gasteiger partial charge in [0.1, 0.15) is 5.75 Å². The molecular formula is C13H18F2N2O2S. The summed E-state index contributed by atoms with van der Waals surface area (Å²) in [7, 11) is 1.62. The number of rotatable bonds is 7. The van der Waals surface area contributed by atoms with Gasteiger partial charge in [-0.3, -0.25) is 0 Å². The third-order valence-electron chi connectivity index (χ3n) is 2.41. The van der Waals surface area contributed by atoms with Gasteiger partial charge in [0.05, 0.1) is 5.69 Å². The lowest BCUT2D eigenvalue weighted by Gasteiger charge is -2.15. The lowest BCUT2D eigenvalue weighted by Crippen LogP contribution is -2.30. The number of nitrogens with one attached hydrogen (secondary N) is 2. The number of alkyl halides is 2. The van der Waals surface area contributed by atoms with Crippen molar-refractivity contribution >= 4 is 23.0 Å². The van der Waals surface area contributed by atoms with Gasteiger partial charge in [-0.2, -0.15) is 8.78 Å². The van der Waals surface area contributed by atoms with Crippen LogP contribution in [0.15, 0.2) is 18.2 Å². The van der Waals surface area contributed by atoms with Crippen molar-refractivity contribution in [1.29, 1.82) is 0 Å². The van der Waals surface area contributed by atoms with Crippen LogP contribution in [-0.4, -0.2) is 32.0 Å². The zero-order valence-electron chi connectivity index (χ0n) is 11.4. The number of ether oxygens (including phenoxy) is 2. The Balaban J connectivity index is 2.60. The van der Waals surface area contributed by atoms with Crippen LogP contribution in [0.1, 0.15) is 12.0 Å². The van der Waals surface area contributed by atoms with Crippen molar-refractivity contribution in [3.05, 3.63) is 23.8 Å². The molecule has 1 rings (SSSR count). The molecular weight excluding hydrogens is 286 g/mol. The SMILES string of the molecule is COCCCNC(=S)Nc1cc(C)ccc1OC(F)F. The van der Waals surface area contributed by atoms with Crippen molar-refractivity contribution in [3.8, 4) is 5.75 Å². The molecule has 1 aromatic carbocycles. The maximum Gasteiger partial charge on any atom is 0.387 e. The van der Waals surface area contributed by atoms with E-state index in [2.05, 4.69) is 15.4 Å². The van der Waals surface area contributed by atoms with Crippen molar-refractivity contribution in [2.24, 2.45) is 0 Å². The highest BCUT2D eigenvalue weighted by atomic mass is 32.1. The van der Waals surface area contributed by atoms with E-state index < -0.39 is 6.61 Å². The van der Waals surface area contributed by atoms with Crippen LogP contribution in [-0.2, 0) is 4.74 Å². The Morgan fingerprint density at radius 1 is 1.40 bits per heavy atom. The van der Waals surface area contributed by atoms with E-state index in [0.717, 1.165) is 12.0 Å². The highest BCUT2D eigenvalue weighted by Gasteiger charge is 2.10. The molecule has 0 spiro atoms. The van der Waals surface area contributed by atoms with Gasteiger partial charge in [-0.1, -0.05) is 6.07 Å². The first-order chi connectivity index (χ1) is 9.52. The summed E-state index contributed by atoms with van der Waals surface area (Å²) in [5.41, 5.74) is 1.32. The first-order valence-corrected chi connectivity index (χ1v) is 6.53. The number of hydrogen-bond donors (Lipinski definition) is 2. The Morgan fingerprint density at radius 2 is 2.15 bits per heavy atom. The van der Waals surface area contributed by atoms with E-state index in [9.17, 15) is 8.78 Å². The minimum absolute atomic E-state index is 0.0617. The molecule has 1 aromatic rings. The van der Waals surface area contributed by atoms with Gasteiger partial charge in [0.2, 0.25) is 0 Å². The number of methoxy groups -OCH3 is 1. The minimum atomic E-state index is -2.87. The van der Waals surface area contributed by atoms with E-state index in [1.165, 1.54) is 6.07 Å². The Labute approximate surface area is 122 Å². The molecule has 0 unspecified atom stereocenters. The molecule has 0 fully saturated rings. The normalized spacial score (nSPS) is 10.4. The second-order valence-electron chi connectivity index (χ2n) is 4.11. The fourth-order valence-electron chi connectivity index (χ4n) is 1.53. The quantitative estimate of drug-likeness (QED) is 0.599. The number of hydrogen-bond acceptors (Lipinski definition) is 3. The van der Waals surface area contributed by atoms with Gasteiger partial charge in [-0.25, -0.2) is 0 Å². The zero-order chi connectivity index (χ0) is 15.0. The average molecular weight is 304 g/mol. The van der Waals surface area contributed by atoms with E-state index >= 15 is 0 Å². The Bertz CT molecular complexity index is 444. The highest BCUT2D eigenvalue weighted by Crippen LogP contribution is 2.27. The third-order valence-corrected chi connectivity index (χ3v) is 2.66. The fraction of sp³-hybridized carbons (Fsp3) is 0.462. The van der Waals surface area contributed by atoms with Crippen LogP contribution >= 0.6 is 12.2 Å². The predicted octanol–water partition coefficient (Wildman–Crippen LogP) is 2.92. The number of anilines is 1. The van der Waals surface area contributed by atoms with Crippen LogP contribution in [0.25, 0.3) is 0 Å². The van der Waals surface area contributed by atoms with Crippen LogP contribution in [0.2, 0.25) is 0 Å². The molecule has 4 nitrogen and oxygen atoms in total. The van der Waals surface area contributed by atoms with Crippen molar-refractivity contribution in [3.63, 3.8) is 0 Å². The smallest absolute Gasteiger partial charge is 0.387 e. The molecule has 20 heavy (non-hydrogen) atoms. The van der Waals surface area contributed by atoms with Crippen LogP contribution in [0, 0.1) is 6.92 Å². The van der Waals surface area contributed by atoms with Gasteiger partial charge in [0.25, 0.3) is 0 Å². The molecule has 0 atom stereocenters. The van der Waals surface area contributed by atoms with E-state index in [4.69, 9.17) is 17.0 Å². The summed E-state index contributed by atoms with van der Waals surface area (Å²) in [6.45, 7) is 0.240. The standard InChI is InChI=1S/C13H18F2N2O2S/c1-9-4-5-11(19-12(14)15)10(8-9)17-13(20)16-6-3-7-18-2/h4-5,8,12H,3,6-7H2,1-2H3,(H2,16,17,20). The maximum atomic E-state index is 12.3. The first kappa shape index (κ1) is 16.6. The monoisotopic (exact) mass is 304 g/mol. The molecule has 112 valence electrons. The van der Waals surface area contributed by atoms with E-state index in [1.807, 2.05) is 6.92 Å². The van der Waals surface area contributed by atoms with Gasteiger partial charge in [-0.15, -0.1) is 0 Å². The first-order valence-electron chi connectivity index (χ1n) is 6.12. The Hall–Kier alpha value is -1.47. The summed E-state index contributed by atoms with van der Waals surface area (Å²) < 4.78 is 34.0. The topological polar surface area (TPSA) is 42.5 Å². The number of halogens is 2. The predicted molar refractivity (Wildman–Crippen MR) is 78.5 cm³/mol. The van der Waals surface area contributed by atoms with Crippen molar-refractivity contribution < 1.29 is 18.3 Å². The van der Waals surface area contributed by atoms with Crippen LogP contribution < -0.4 is 15.4 Å². The molecule has 0 heterocycles. The molecule has 0 bridgehead atoms. The summed E-state index contributed by atoms with van der Waals surface area (Å²) in [6, 6.07) is 4.87. The summed E-state index contributed by atoms with van der Waals surface area (Å²) in [5.74, 6) is 0.0617. The summed E-state index contributed by atoms with van der Waals surface area (Å²) in [5, 5.41) is 6.17. The van der Waals surface area contributed by atoms with Gasteiger partial charge in [0.15, 0.2) is 5.11 Å². The molecule has 0 aliphatic rings. The van der Waals surface area contributed by atoms with E-state index in [-0.39, 0.29) is 5.75 Å². The summed E-state index contributed by atoms with van der Waals surface area (Å²) >= 11 is 5.10. The molecule has 0 amide bonds. The van der Waals surface area contributed by atoms with Crippen molar-refractivity contribution in [2.45, 2.75) is 20.0 Å². The number of benzene rings is 1. The fourth-order valence-corrected chi connectivity index (χ4v) is 1.74. The van der Waals surface area contributed by atoms with E-state index in [0.29, 0.717) is 24.0 Å².